The first-order valence-electron chi connectivity index (χ1n) is 16.9. The highest BCUT2D eigenvalue weighted by atomic mass is 14.5. The molecule has 0 aliphatic heterocycles. The van der Waals surface area contributed by atoms with Gasteiger partial charge in [0.2, 0.25) is 0 Å². The van der Waals surface area contributed by atoms with Crippen LogP contribution >= 0.6 is 0 Å². The van der Waals surface area contributed by atoms with Gasteiger partial charge in [0.15, 0.2) is 0 Å². The first kappa shape index (κ1) is 25.7. The van der Waals surface area contributed by atoms with Gasteiger partial charge in [0, 0.05) is 5.41 Å². The summed E-state index contributed by atoms with van der Waals surface area (Å²) in [4.78, 5) is 0. The van der Waals surface area contributed by atoms with Crippen LogP contribution in [0, 0.1) is 0 Å². The lowest BCUT2D eigenvalue weighted by molar-refractivity contribution is 0.660. The van der Waals surface area contributed by atoms with E-state index in [0.717, 1.165) is 6.42 Å². The van der Waals surface area contributed by atoms with Gasteiger partial charge in [0.05, 0.1) is 5.41 Å². The topological polar surface area (TPSA) is 0 Å². The Morgan fingerprint density at radius 3 is 1.62 bits per heavy atom. The van der Waals surface area contributed by atoms with Gasteiger partial charge in [-0.2, -0.15) is 0 Å². The van der Waals surface area contributed by atoms with E-state index >= 15 is 0 Å². The Kier molecular flexibility index (Phi) is 4.74. The molecule has 0 radical (unpaired) electrons. The van der Waals surface area contributed by atoms with E-state index in [1.165, 1.54) is 100 Å². The summed E-state index contributed by atoms with van der Waals surface area (Å²) in [7, 11) is 0. The van der Waals surface area contributed by atoms with Gasteiger partial charge < -0.3 is 0 Å². The Morgan fingerprint density at radius 2 is 0.872 bits per heavy atom. The fourth-order valence-corrected chi connectivity index (χ4v) is 9.93. The van der Waals surface area contributed by atoms with Crippen molar-refractivity contribution in [3.8, 4) is 55.6 Å². The van der Waals surface area contributed by atoms with E-state index in [-0.39, 0.29) is 10.8 Å². The molecule has 4 aliphatic rings. The number of hydrogen-bond donors (Lipinski definition) is 0. The van der Waals surface area contributed by atoms with Crippen LogP contribution in [-0.2, 0) is 17.3 Å². The Balaban J connectivity index is 1.19. The normalized spacial score (nSPS) is 17.7. The third-order valence-corrected chi connectivity index (χ3v) is 12.0. The van der Waals surface area contributed by atoms with Crippen molar-refractivity contribution in [2.75, 3.05) is 0 Å². The lowest BCUT2D eigenvalue weighted by Crippen LogP contribution is -2.26. The van der Waals surface area contributed by atoms with E-state index in [1.54, 1.807) is 0 Å². The zero-order chi connectivity index (χ0) is 31.1. The summed E-state index contributed by atoms with van der Waals surface area (Å²) in [6.07, 6.45) is 0.989. The summed E-state index contributed by atoms with van der Waals surface area (Å²) in [5.41, 5.74) is 24.6. The maximum Gasteiger partial charge on any atom is 0.0725 e. The largest absolute Gasteiger partial charge is 0.0725 e. The molecule has 0 nitrogen and oxygen atoms in total. The Morgan fingerprint density at radius 1 is 0.362 bits per heavy atom. The zero-order valence-electron chi connectivity index (χ0n) is 26.6. The Bertz CT molecular complexity index is 2520. The van der Waals surface area contributed by atoms with Crippen molar-refractivity contribution in [3.05, 3.63) is 190 Å². The maximum atomic E-state index is 2.57. The number of hydrogen-bond acceptors (Lipinski definition) is 0. The van der Waals surface area contributed by atoms with Crippen molar-refractivity contribution in [3.63, 3.8) is 0 Å². The van der Waals surface area contributed by atoms with Crippen LogP contribution in [0.3, 0.4) is 0 Å². The highest BCUT2D eigenvalue weighted by Crippen LogP contribution is 2.65. The fraction of sp³-hybridized carbons (Fsp3) is 0.106. The average Bonchev–Trinajstić information content (AvgIpc) is 3.80. The minimum Gasteiger partial charge on any atom is -0.0619 e. The van der Waals surface area contributed by atoms with Crippen molar-refractivity contribution in [2.24, 2.45) is 0 Å². The summed E-state index contributed by atoms with van der Waals surface area (Å²) in [5, 5.41) is 0. The second kappa shape index (κ2) is 8.66. The molecule has 0 saturated heterocycles. The molecule has 4 aliphatic carbocycles. The Labute approximate surface area is 276 Å². The molecule has 0 amide bonds. The molecule has 7 aromatic carbocycles. The molecule has 0 aromatic heterocycles. The molecule has 0 saturated carbocycles. The Hall–Kier alpha value is -5.46. The molecule has 0 bridgehead atoms. The minimum absolute atomic E-state index is 0.0400. The van der Waals surface area contributed by atoms with Crippen molar-refractivity contribution in [2.45, 2.75) is 31.1 Å². The van der Waals surface area contributed by atoms with E-state index in [9.17, 15) is 0 Å². The third-order valence-electron chi connectivity index (χ3n) is 12.0. The summed E-state index contributed by atoms with van der Waals surface area (Å²) >= 11 is 0. The van der Waals surface area contributed by atoms with Gasteiger partial charge in [-0.25, -0.2) is 0 Å². The maximum absolute atomic E-state index is 2.57. The van der Waals surface area contributed by atoms with Gasteiger partial charge in [-0.05, 0) is 125 Å². The van der Waals surface area contributed by atoms with Gasteiger partial charge in [0.25, 0.3) is 0 Å². The molecular weight excluding hydrogens is 565 g/mol. The first-order valence-corrected chi connectivity index (χ1v) is 16.9. The molecule has 220 valence electrons. The second-order valence-electron chi connectivity index (χ2n) is 14.4. The third kappa shape index (κ3) is 3.01. The first-order chi connectivity index (χ1) is 23.1. The summed E-state index contributed by atoms with van der Waals surface area (Å²) < 4.78 is 0. The van der Waals surface area contributed by atoms with Gasteiger partial charge in [-0.15, -0.1) is 0 Å². The smallest absolute Gasteiger partial charge is 0.0619 e. The van der Waals surface area contributed by atoms with E-state index in [1.807, 2.05) is 0 Å². The van der Waals surface area contributed by atoms with Crippen LogP contribution in [0.25, 0.3) is 55.6 Å². The van der Waals surface area contributed by atoms with Gasteiger partial charge in [0.1, 0.15) is 0 Å². The monoisotopic (exact) mass is 596 g/mol. The van der Waals surface area contributed by atoms with Crippen LogP contribution in [0.1, 0.15) is 58.4 Å². The lowest BCUT2D eigenvalue weighted by atomic mass is 9.70. The van der Waals surface area contributed by atoms with Crippen LogP contribution in [0.2, 0.25) is 0 Å². The number of benzene rings is 7. The van der Waals surface area contributed by atoms with Crippen molar-refractivity contribution < 1.29 is 0 Å². The lowest BCUT2D eigenvalue weighted by Gasteiger charge is -2.31. The molecule has 0 N–H and O–H groups in total. The minimum atomic E-state index is -0.359. The van der Waals surface area contributed by atoms with Crippen LogP contribution in [0.15, 0.2) is 146 Å². The molecule has 1 atom stereocenters. The highest BCUT2D eigenvalue weighted by Gasteiger charge is 2.52. The average molecular weight is 597 g/mol. The predicted molar refractivity (Wildman–Crippen MR) is 194 cm³/mol. The molecule has 0 heteroatoms. The number of rotatable bonds is 1. The van der Waals surface area contributed by atoms with E-state index < -0.39 is 0 Å². The highest BCUT2D eigenvalue weighted by molar-refractivity contribution is 5.99. The van der Waals surface area contributed by atoms with E-state index in [2.05, 4.69) is 159 Å². The predicted octanol–water partition coefficient (Wildman–Crippen LogP) is 11.6. The molecule has 1 spiro atoms. The quantitative estimate of drug-likeness (QED) is 0.177. The fourth-order valence-electron chi connectivity index (χ4n) is 9.93. The van der Waals surface area contributed by atoms with Gasteiger partial charge in [-0.1, -0.05) is 141 Å². The summed E-state index contributed by atoms with van der Waals surface area (Å²) in [6, 6.07) is 55.6. The standard InChI is InChI=1S/C47H32/c1-46(2)40-19-8-5-14-33(40)38-27-45-39(26-44(38)46)35-16-7-10-21-42(35)47(45)41-20-9-6-15-34(41)37-25-29(22-23-43(37)47)31-17-11-18-32-30-13-4-3-12-28(30)24-36(31)32/h3-23,25-27H,24H2,1-2H3. The zero-order valence-corrected chi connectivity index (χ0v) is 26.6. The van der Waals surface area contributed by atoms with Crippen LogP contribution in [0.4, 0.5) is 0 Å². The second-order valence-corrected chi connectivity index (χ2v) is 14.4. The molecular formula is C47H32. The molecule has 11 rings (SSSR count). The molecule has 0 fully saturated rings. The van der Waals surface area contributed by atoms with Crippen molar-refractivity contribution in [1.82, 2.24) is 0 Å². The van der Waals surface area contributed by atoms with Crippen LogP contribution in [-0.4, -0.2) is 0 Å². The van der Waals surface area contributed by atoms with Crippen molar-refractivity contribution >= 4 is 0 Å². The molecule has 0 heterocycles. The SMILES string of the molecule is CC1(C)c2ccccc2-c2cc3c(cc21)-c1ccccc1C31c2ccccc2-c2cc(-c3cccc4c3Cc3ccccc3-4)ccc21. The van der Waals surface area contributed by atoms with Crippen molar-refractivity contribution in [1.29, 1.82) is 0 Å². The number of fused-ring (bicyclic) bond motifs is 16. The van der Waals surface area contributed by atoms with Crippen LogP contribution < -0.4 is 0 Å². The summed E-state index contributed by atoms with van der Waals surface area (Å²) in [5.74, 6) is 0. The molecule has 47 heavy (non-hydrogen) atoms. The van der Waals surface area contributed by atoms with E-state index in [4.69, 9.17) is 0 Å². The van der Waals surface area contributed by atoms with Gasteiger partial charge >= 0.3 is 0 Å². The summed E-state index contributed by atoms with van der Waals surface area (Å²) in [6.45, 7) is 4.78. The molecule has 7 aromatic rings. The van der Waals surface area contributed by atoms with Crippen LogP contribution in [0.5, 0.6) is 0 Å². The van der Waals surface area contributed by atoms with Gasteiger partial charge in [-0.3, -0.25) is 0 Å². The molecule has 1 unspecified atom stereocenters. The van der Waals surface area contributed by atoms with E-state index in [0.29, 0.717) is 0 Å².